The summed E-state index contributed by atoms with van der Waals surface area (Å²) in [4.78, 5) is 1.05. The highest BCUT2D eigenvalue weighted by Crippen LogP contribution is 2.31. The van der Waals surface area contributed by atoms with Gasteiger partial charge >= 0.3 is 7.48 Å². The van der Waals surface area contributed by atoms with Gasteiger partial charge < -0.3 is 9.76 Å². The minimum atomic E-state index is -0.991. The first-order valence-corrected chi connectivity index (χ1v) is 7.26. The van der Waals surface area contributed by atoms with Crippen LogP contribution in [0.15, 0.2) is 22.3 Å². The Morgan fingerprint density at radius 2 is 1.94 bits per heavy atom. The molecule has 1 rings (SSSR count). The molecule has 0 aromatic carbocycles. The van der Waals surface area contributed by atoms with Crippen molar-refractivity contribution in [3.63, 3.8) is 0 Å². The molecule has 0 bridgehead atoms. The summed E-state index contributed by atoms with van der Waals surface area (Å²) in [5, 5.41) is 9.95. The lowest BCUT2D eigenvalue weighted by molar-refractivity contribution is -0.0897. The molecular formula is C13H21BFO2S. The molecule has 1 radical (unpaired) electrons. The number of hydrogen-bond donors (Lipinski definition) is 1. The first-order valence-electron chi connectivity index (χ1n) is 6.04. The number of allylic oxidation sites excluding steroid dienone is 4. The molecule has 2 nitrogen and oxygen atoms in total. The van der Waals surface area contributed by atoms with Crippen molar-refractivity contribution in [3.05, 3.63) is 22.3 Å². The fourth-order valence-corrected chi connectivity index (χ4v) is 1.85. The van der Waals surface area contributed by atoms with Crippen LogP contribution >= 0.6 is 11.8 Å². The van der Waals surface area contributed by atoms with Gasteiger partial charge in [-0.1, -0.05) is 0 Å². The number of rotatable bonds is 5. The molecule has 0 fully saturated rings. The lowest BCUT2D eigenvalue weighted by atomic mass is 9.78. The highest BCUT2D eigenvalue weighted by Gasteiger charge is 2.36. The van der Waals surface area contributed by atoms with Crippen LogP contribution < -0.4 is 0 Å². The molecule has 0 spiro atoms. The van der Waals surface area contributed by atoms with Gasteiger partial charge in [0.1, 0.15) is 5.83 Å². The quantitative estimate of drug-likeness (QED) is 0.777. The highest BCUT2D eigenvalue weighted by atomic mass is 32.2. The van der Waals surface area contributed by atoms with Gasteiger partial charge in [-0.05, 0) is 63.2 Å². The van der Waals surface area contributed by atoms with E-state index in [0.29, 0.717) is 11.9 Å². The predicted molar refractivity (Wildman–Crippen MR) is 76.2 cm³/mol. The molecule has 0 aromatic heterocycles. The number of hydrogen-bond acceptors (Lipinski definition) is 3. The van der Waals surface area contributed by atoms with Gasteiger partial charge in [0.15, 0.2) is 0 Å². The van der Waals surface area contributed by atoms with Crippen LogP contribution in [0.1, 0.15) is 40.5 Å². The second-order valence-corrected chi connectivity index (χ2v) is 6.43. The lowest BCUT2D eigenvalue weighted by Gasteiger charge is -2.38. The van der Waals surface area contributed by atoms with E-state index < -0.39 is 11.2 Å². The predicted octanol–water partition coefficient (Wildman–Crippen LogP) is 3.39. The topological polar surface area (TPSA) is 29.5 Å². The van der Waals surface area contributed by atoms with Gasteiger partial charge in [-0.15, -0.1) is 11.8 Å². The Hall–Kier alpha value is -0.255. The Labute approximate surface area is 114 Å². The summed E-state index contributed by atoms with van der Waals surface area (Å²) in [5.74, 6) is -0.239. The maximum atomic E-state index is 13.8. The van der Waals surface area contributed by atoms with Crippen LogP contribution in [-0.2, 0) is 4.65 Å². The van der Waals surface area contributed by atoms with Gasteiger partial charge in [0.05, 0.1) is 11.2 Å². The average molecular weight is 271 g/mol. The monoisotopic (exact) mass is 271 g/mol. The Bertz CT molecular complexity index is 370. The molecule has 0 unspecified atom stereocenters. The molecule has 0 saturated carbocycles. The van der Waals surface area contributed by atoms with Crippen LogP contribution in [-0.4, -0.2) is 30.0 Å². The van der Waals surface area contributed by atoms with E-state index >= 15 is 0 Å². The van der Waals surface area contributed by atoms with Crippen molar-refractivity contribution in [2.45, 2.75) is 51.7 Å². The first kappa shape index (κ1) is 15.8. The van der Waals surface area contributed by atoms with Crippen molar-refractivity contribution >= 4 is 19.2 Å². The third-order valence-electron chi connectivity index (χ3n) is 3.47. The smallest absolute Gasteiger partial charge is 0.329 e. The second kappa shape index (κ2) is 5.80. The molecule has 1 aliphatic rings. The standard InChI is InChI=1S/C13H21BFO2S/c1-12(2,16)13(3,4)17-14-10-7-6-9(18-5)8-11(10)15/h8,16H,6-7H2,1-5H3. The van der Waals surface area contributed by atoms with Crippen molar-refractivity contribution in [1.82, 2.24) is 0 Å². The molecule has 5 heteroatoms. The second-order valence-electron chi connectivity index (χ2n) is 5.49. The van der Waals surface area contributed by atoms with Crippen molar-refractivity contribution in [2.75, 3.05) is 6.26 Å². The third-order valence-corrected chi connectivity index (χ3v) is 4.31. The molecule has 101 valence electrons. The minimum absolute atomic E-state index is 0.239. The van der Waals surface area contributed by atoms with Crippen molar-refractivity contribution < 1.29 is 14.2 Å². The minimum Gasteiger partial charge on any atom is -0.427 e. The largest absolute Gasteiger partial charge is 0.427 e. The van der Waals surface area contributed by atoms with Gasteiger partial charge in [0.25, 0.3) is 0 Å². The molecule has 1 aliphatic carbocycles. The molecule has 0 aromatic rings. The number of aliphatic hydroxyl groups is 1. The fraction of sp³-hybridized carbons (Fsp3) is 0.692. The van der Waals surface area contributed by atoms with Gasteiger partial charge in [0, 0.05) is 0 Å². The average Bonchev–Trinajstić information content (AvgIpc) is 2.25. The van der Waals surface area contributed by atoms with E-state index in [2.05, 4.69) is 0 Å². The van der Waals surface area contributed by atoms with Gasteiger partial charge in [-0.2, -0.15) is 0 Å². The number of thioether (sulfide) groups is 1. The normalized spacial score (nSPS) is 17.8. The van der Waals surface area contributed by atoms with Crippen LogP contribution in [0.25, 0.3) is 0 Å². The zero-order chi connectivity index (χ0) is 14.0. The zero-order valence-electron chi connectivity index (χ0n) is 11.7. The summed E-state index contributed by atoms with van der Waals surface area (Å²) < 4.78 is 19.3. The molecular weight excluding hydrogens is 250 g/mol. The van der Waals surface area contributed by atoms with Crippen LogP contribution in [0.5, 0.6) is 0 Å². The zero-order valence-corrected chi connectivity index (χ0v) is 12.5. The Kier molecular flexibility index (Phi) is 5.09. The van der Waals surface area contributed by atoms with Crippen molar-refractivity contribution in [2.24, 2.45) is 0 Å². The molecule has 0 saturated heterocycles. The van der Waals surface area contributed by atoms with Crippen molar-refractivity contribution in [1.29, 1.82) is 0 Å². The van der Waals surface area contributed by atoms with E-state index in [4.69, 9.17) is 4.65 Å². The molecule has 1 N–H and O–H groups in total. The van der Waals surface area contributed by atoms with Gasteiger partial charge in [-0.3, -0.25) is 0 Å². The summed E-state index contributed by atoms with van der Waals surface area (Å²) in [6.45, 7) is 6.93. The third kappa shape index (κ3) is 3.87. The van der Waals surface area contributed by atoms with E-state index in [0.717, 1.165) is 11.3 Å². The fourth-order valence-electron chi connectivity index (χ4n) is 1.32. The van der Waals surface area contributed by atoms with Crippen LogP contribution in [0, 0.1) is 0 Å². The Balaban J connectivity index is 2.68. The molecule has 0 atom stereocenters. The summed E-state index contributed by atoms with van der Waals surface area (Å²) in [7, 11) is 1.45. The highest BCUT2D eigenvalue weighted by molar-refractivity contribution is 8.02. The molecule has 0 aliphatic heterocycles. The maximum absolute atomic E-state index is 13.8. The maximum Gasteiger partial charge on any atom is 0.329 e. The summed E-state index contributed by atoms with van der Waals surface area (Å²) >= 11 is 1.57. The Morgan fingerprint density at radius 1 is 1.33 bits per heavy atom. The van der Waals surface area contributed by atoms with E-state index in [-0.39, 0.29) is 5.83 Å². The number of halogens is 1. The van der Waals surface area contributed by atoms with E-state index in [9.17, 15) is 9.50 Å². The van der Waals surface area contributed by atoms with Gasteiger partial charge in [-0.25, -0.2) is 4.39 Å². The van der Waals surface area contributed by atoms with E-state index in [1.807, 2.05) is 6.26 Å². The molecule has 18 heavy (non-hydrogen) atoms. The Morgan fingerprint density at radius 3 is 2.39 bits per heavy atom. The summed E-state index contributed by atoms with van der Waals surface area (Å²) in [5.41, 5.74) is -1.19. The summed E-state index contributed by atoms with van der Waals surface area (Å²) in [6, 6.07) is 0. The van der Waals surface area contributed by atoms with Gasteiger partial charge in [0.2, 0.25) is 0 Å². The SMILES string of the molecule is CSC1=CC(F)=C([B]OC(C)(C)C(C)(C)O)CC1. The van der Waals surface area contributed by atoms with Crippen LogP contribution in [0.3, 0.4) is 0 Å². The van der Waals surface area contributed by atoms with E-state index in [1.54, 1.807) is 45.5 Å². The molecule has 0 amide bonds. The first-order chi connectivity index (χ1) is 8.17. The van der Waals surface area contributed by atoms with Crippen LogP contribution in [0.2, 0.25) is 0 Å². The van der Waals surface area contributed by atoms with Crippen molar-refractivity contribution in [3.8, 4) is 0 Å². The van der Waals surface area contributed by atoms with E-state index in [1.165, 1.54) is 7.48 Å². The summed E-state index contributed by atoms with van der Waals surface area (Å²) in [6.07, 6.45) is 4.98. The van der Waals surface area contributed by atoms with Crippen LogP contribution in [0.4, 0.5) is 4.39 Å². The molecule has 0 heterocycles. The lowest BCUT2D eigenvalue weighted by Crippen LogP contribution is -2.48.